The van der Waals surface area contributed by atoms with Crippen LogP contribution in [0.2, 0.25) is 0 Å². The van der Waals surface area contributed by atoms with Crippen LogP contribution in [0, 0.1) is 0 Å². The molecule has 4 N–H and O–H groups in total. The van der Waals surface area contributed by atoms with E-state index in [2.05, 4.69) is 73.5 Å². The molecule has 1 aliphatic carbocycles. The van der Waals surface area contributed by atoms with E-state index in [1.165, 1.54) is 5.56 Å². The van der Waals surface area contributed by atoms with Crippen molar-refractivity contribution in [1.82, 2.24) is 29.5 Å². The van der Waals surface area contributed by atoms with Crippen molar-refractivity contribution in [2.24, 2.45) is 4.99 Å². The molecule has 0 atom stereocenters. The smallest absolute Gasteiger partial charge is 0.326 e. The number of hydrogen-bond acceptors (Lipinski definition) is 7. The molecule has 4 aromatic rings. The Labute approximate surface area is 182 Å². The van der Waals surface area contributed by atoms with Crippen molar-refractivity contribution < 1.29 is 5.11 Å². The summed E-state index contributed by atoms with van der Waals surface area (Å²) in [6, 6.07) is 8.71. The highest BCUT2D eigenvalue weighted by Crippen LogP contribution is 2.22. The summed E-state index contributed by atoms with van der Waals surface area (Å²) >= 11 is 0. The lowest BCUT2D eigenvalue weighted by molar-refractivity contribution is 0.454. The maximum absolute atomic E-state index is 11.5. The van der Waals surface area contributed by atoms with E-state index in [4.69, 9.17) is 0 Å². The number of nitrogens with zero attached hydrogens (tertiary/aromatic N) is 5. The van der Waals surface area contributed by atoms with E-state index in [0.717, 1.165) is 18.4 Å². The molecule has 164 valence electrons. The summed E-state index contributed by atoms with van der Waals surface area (Å²) in [6.45, 7) is 4.91. The average Bonchev–Trinajstić information content (AvgIpc) is 3.41. The summed E-state index contributed by atoms with van der Waals surface area (Å²) in [5.41, 5.74) is 3.18. The third-order valence-electron chi connectivity index (χ3n) is 5.36. The van der Waals surface area contributed by atoms with Gasteiger partial charge in [0.2, 0.25) is 11.8 Å². The van der Waals surface area contributed by atoms with Gasteiger partial charge in [0.15, 0.2) is 5.65 Å². The molecule has 0 spiro atoms. The number of rotatable bonds is 6. The van der Waals surface area contributed by atoms with Gasteiger partial charge in [-0.2, -0.15) is 19.6 Å². The van der Waals surface area contributed by atoms with Gasteiger partial charge in [0, 0.05) is 11.8 Å². The fraction of sp³-hybridized carbons (Fsp3) is 0.318. The molecule has 3 aromatic heterocycles. The van der Waals surface area contributed by atoms with Crippen LogP contribution in [0.4, 0.5) is 5.95 Å². The van der Waals surface area contributed by atoms with Gasteiger partial charge in [0.05, 0.1) is 12.2 Å². The molecule has 3 heterocycles. The number of anilines is 1. The van der Waals surface area contributed by atoms with Gasteiger partial charge in [-0.25, -0.2) is 9.79 Å². The normalized spacial score (nSPS) is 15.2. The molecule has 0 radical (unpaired) electrons. The van der Waals surface area contributed by atoms with Gasteiger partial charge in [-0.05, 0) is 36.0 Å². The first kappa shape index (κ1) is 20.0. The fourth-order valence-electron chi connectivity index (χ4n) is 3.36. The Balaban J connectivity index is 1.52. The molecule has 10 heteroatoms. The third kappa shape index (κ3) is 4.11. The first-order chi connectivity index (χ1) is 15.5. The van der Waals surface area contributed by atoms with Crippen molar-refractivity contribution in [1.29, 1.82) is 0 Å². The molecule has 32 heavy (non-hydrogen) atoms. The van der Waals surface area contributed by atoms with E-state index in [0.29, 0.717) is 34.9 Å². The summed E-state index contributed by atoms with van der Waals surface area (Å²) in [7, 11) is 0. The summed E-state index contributed by atoms with van der Waals surface area (Å²) in [4.78, 5) is 30.2. The van der Waals surface area contributed by atoms with Crippen LogP contribution in [-0.4, -0.2) is 40.7 Å². The third-order valence-corrected chi connectivity index (χ3v) is 5.36. The molecule has 1 aromatic carbocycles. The molecular formula is C22H24N8O2. The van der Waals surface area contributed by atoms with E-state index in [-0.39, 0.29) is 17.6 Å². The van der Waals surface area contributed by atoms with Crippen LogP contribution < -0.4 is 21.8 Å². The highest BCUT2D eigenvalue weighted by Gasteiger charge is 2.21. The highest BCUT2D eigenvalue weighted by atomic mass is 16.3. The number of fused-ring (bicyclic) bond motifs is 1. The zero-order chi connectivity index (χ0) is 22.2. The van der Waals surface area contributed by atoms with E-state index >= 15 is 0 Å². The standard InChI is InChI=1S/C22H24N8O2/c1-12(2)14-5-3-13(4-6-14)10-23-20-27-18-15(9-17-19(31)28-22(32)26-17)11-24-30(18)21(29-20)25-16-7-8-16/h3-6,9,11-12,16,31H,7-8,10H2,1-2H3,(H,23,25,29)(H2,26,28,32). The lowest BCUT2D eigenvalue weighted by atomic mass is 10.0. The molecule has 0 aliphatic heterocycles. The average molecular weight is 432 g/mol. The van der Waals surface area contributed by atoms with Crippen LogP contribution in [0.25, 0.3) is 11.7 Å². The fourth-order valence-corrected chi connectivity index (χ4v) is 3.36. The van der Waals surface area contributed by atoms with Crippen LogP contribution >= 0.6 is 0 Å². The summed E-state index contributed by atoms with van der Waals surface area (Å²) in [5, 5.41) is 18.2. The van der Waals surface area contributed by atoms with Crippen LogP contribution in [0.3, 0.4) is 0 Å². The summed E-state index contributed by atoms with van der Waals surface area (Å²) in [6.07, 6.45) is 5.29. The molecule has 0 amide bonds. The van der Waals surface area contributed by atoms with Crippen LogP contribution in [0.1, 0.15) is 49.4 Å². The Bertz CT molecular complexity index is 1440. The molecule has 1 fully saturated rings. The van der Waals surface area contributed by atoms with E-state index in [1.54, 1.807) is 16.8 Å². The van der Waals surface area contributed by atoms with Crippen molar-refractivity contribution in [3.05, 3.63) is 68.6 Å². The lowest BCUT2D eigenvalue weighted by Gasteiger charge is -2.08. The Morgan fingerprint density at radius 1 is 1.25 bits per heavy atom. The minimum Gasteiger partial charge on any atom is -0.493 e. The SMILES string of the molecule is CC(C)c1ccc(CNc2nc(=NC3CC3)n3ncc(=Cc4[nH]c(=O)[nH]c4O)c3n2)cc1. The predicted octanol–water partition coefficient (Wildman–Crippen LogP) is 1.19. The second kappa shape index (κ2) is 7.95. The number of H-pyrrole nitrogens is 2. The van der Waals surface area contributed by atoms with E-state index in [1.807, 2.05) is 0 Å². The van der Waals surface area contributed by atoms with Crippen molar-refractivity contribution in [2.45, 2.75) is 45.2 Å². The lowest BCUT2D eigenvalue weighted by Crippen LogP contribution is -2.24. The van der Waals surface area contributed by atoms with Crippen LogP contribution in [-0.2, 0) is 6.54 Å². The zero-order valence-corrected chi connectivity index (χ0v) is 17.8. The number of aromatic nitrogens is 6. The number of nitrogens with one attached hydrogen (secondary N) is 3. The molecule has 0 unspecified atom stereocenters. The van der Waals surface area contributed by atoms with Gasteiger partial charge in [-0.15, -0.1) is 0 Å². The molecule has 10 nitrogen and oxygen atoms in total. The molecule has 1 aliphatic rings. The van der Waals surface area contributed by atoms with Gasteiger partial charge >= 0.3 is 5.69 Å². The molecule has 1 saturated carbocycles. The molecule has 5 rings (SSSR count). The molecular weight excluding hydrogens is 408 g/mol. The number of hydrogen-bond donors (Lipinski definition) is 4. The second-order valence-electron chi connectivity index (χ2n) is 8.28. The van der Waals surface area contributed by atoms with Gasteiger partial charge in [-0.1, -0.05) is 38.1 Å². The first-order valence-corrected chi connectivity index (χ1v) is 10.6. The van der Waals surface area contributed by atoms with Crippen molar-refractivity contribution in [2.75, 3.05) is 5.32 Å². The maximum atomic E-state index is 11.5. The van der Waals surface area contributed by atoms with Gasteiger partial charge < -0.3 is 15.4 Å². The van der Waals surface area contributed by atoms with Gasteiger partial charge in [0.1, 0.15) is 5.69 Å². The van der Waals surface area contributed by atoms with Gasteiger partial charge in [-0.3, -0.25) is 4.98 Å². The monoisotopic (exact) mass is 432 g/mol. The molecule has 0 bridgehead atoms. The Kier molecular flexibility index (Phi) is 4.96. The van der Waals surface area contributed by atoms with E-state index in [9.17, 15) is 9.90 Å². The Morgan fingerprint density at radius 2 is 2.03 bits per heavy atom. The molecule has 0 saturated heterocycles. The largest absolute Gasteiger partial charge is 0.493 e. The first-order valence-electron chi connectivity index (χ1n) is 10.6. The number of aromatic hydroxyl groups is 1. The van der Waals surface area contributed by atoms with Crippen LogP contribution in [0.5, 0.6) is 5.88 Å². The zero-order valence-electron chi connectivity index (χ0n) is 17.8. The topological polar surface area (TPSA) is 136 Å². The van der Waals surface area contributed by atoms with Crippen molar-refractivity contribution in [3.8, 4) is 5.88 Å². The number of aromatic amines is 2. The van der Waals surface area contributed by atoms with Crippen LogP contribution in [0.15, 0.2) is 40.2 Å². The predicted molar refractivity (Wildman–Crippen MR) is 119 cm³/mol. The number of benzene rings is 1. The summed E-state index contributed by atoms with van der Waals surface area (Å²) < 4.78 is 1.58. The van der Waals surface area contributed by atoms with Crippen molar-refractivity contribution >= 4 is 17.7 Å². The maximum Gasteiger partial charge on any atom is 0.326 e. The highest BCUT2D eigenvalue weighted by molar-refractivity contribution is 5.57. The summed E-state index contributed by atoms with van der Waals surface area (Å²) in [5.74, 6) is 0.682. The Morgan fingerprint density at radius 3 is 2.69 bits per heavy atom. The van der Waals surface area contributed by atoms with E-state index < -0.39 is 5.69 Å². The quantitative estimate of drug-likeness (QED) is 0.361. The van der Waals surface area contributed by atoms with Crippen molar-refractivity contribution in [3.63, 3.8) is 0 Å². The van der Waals surface area contributed by atoms with Gasteiger partial charge in [0.25, 0.3) is 5.62 Å². The minimum absolute atomic E-state index is 0.241. The number of imidazole rings is 1. The minimum atomic E-state index is -0.491. The second-order valence-corrected chi connectivity index (χ2v) is 8.28. The Hall–Kier alpha value is -3.95.